The van der Waals surface area contributed by atoms with Crippen molar-refractivity contribution in [2.45, 2.75) is 12.5 Å². The van der Waals surface area contributed by atoms with E-state index in [1.807, 2.05) is 12.1 Å². The number of benzene rings is 1. The summed E-state index contributed by atoms with van der Waals surface area (Å²) >= 11 is 16.0. The number of thiophene rings is 1. The molecule has 0 radical (unpaired) electrons. The van der Waals surface area contributed by atoms with Gasteiger partial charge in [-0.15, -0.1) is 11.3 Å². The summed E-state index contributed by atoms with van der Waals surface area (Å²) in [6.45, 7) is 0. The molecule has 0 saturated heterocycles. The first-order chi connectivity index (χ1) is 8.06. The molecule has 0 aliphatic rings. The third-order valence-corrected chi connectivity index (χ3v) is 4.87. The van der Waals surface area contributed by atoms with Crippen molar-refractivity contribution in [3.63, 3.8) is 0 Å². The maximum Gasteiger partial charge on any atom is 0.0656 e. The van der Waals surface area contributed by atoms with E-state index < -0.39 is 0 Å². The molecule has 1 atom stereocenters. The SMILES string of the molecule is NC(Cc1ccc(Cl)cc1Cl)c1csc(I)c1. The summed E-state index contributed by atoms with van der Waals surface area (Å²) < 4.78 is 1.25. The molecule has 90 valence electrons. The fraction of sp³-hybridized carbons (Fsp3) is 0.167. The first kappa shape index (κ1) is 13.6. The maximum atomic E-state index is 6.16. The molecule has 0 aliphatic carbocycles. The summed E-state index contributed by atoms with van der Waals surface area (Å²) in [4.78, 5) is 0. The van der Waals surface area contributed by atoms with E-state index in [1.54, 1.807) is 17.4 Å². The second-order valence-corrected chi connectivity index (χ2v) is 7.38. The van der Waals surface area contributed by atoms with E-state index in [0.29, 0.717) is 10.0 Å². The highest BCUT2D eigenvalue weighted by Gasteiger charge is 2.11. The maximum absolute atomic E-state index is 6.16. The lowest BCUT2D eigenvalue weighted by Gasteiger charge is -2.11. The zero-order chi connectivity index (χ0) is 12.4. The zero-order valence-corrected chi connectivity index (χ0v) is 13.3. The molecule has 1 unspecified atom stereocenters. The van der Waals surface area contributed by atoms with Crippen molar-refractivity contribution >= 4 is 57.1 Å². The Kier molecular flexibility index (Phi) is 4.72. The van der Waals surface area contributed by atoms with E-state index in [2.05, 4.69) is 34.0 Å². The van der Waals surface area contributed by atoms with Crippen LogP contribution in [0.15, 0.2) is 29.6 Å². The van der Waals surface area contributed by atoms with Gasteiger partial charge in [0, 0.05) is 16.1 Å². The monoisotopic (exact) mass is 397 g/mol. The van der Waals surface area contributed by atoms with E-state index in [9.17, 15) is 0 Å². The zero-order valence-electron chi connectivity index (χ0n) is 8.79. The van der Waals surface area contributed by atoms with Gasteiger partial charge in [-0.25, -0.2) is 0 Å². The van der Waals surface area contributed by atoms with Crippen LogP contribution >= 0.6 is 57.1 Å². The summed E-state index contributed by atoms with van der Waals surface area (Å²) in [6.07, 6.45) is 0.725. The highest BCUT2D eigenvalue weighted by Crippen LogP contribution is 2.27. The topological polar surface area (TPSA) is 26.0 Å². The molecule has 0 saturated carbocycles. The van der Waals surface area contributed by atoms with Crippen LogP contribution in [0.5, 0.6) is 0 Å². The van der Waals surface area contributed by atoms with Crippen molar-refractivity contribution in [3.05, 3.63) is 53.7 Å². The van der Waals surface area contributed by atoms with Crippen molar-refractivity contribution in [1.29, 1.82) is 0 Å². The van der Waals surface area contributed by atoms with Gasteiger partial charge in [0.15, 0.2) is 0 Å². The Morgan fingerprint density at radius 1 is 1.29 bits per heavy atom. The number of rotatable bonds is 3. The minimum atomic E-state index is -0.0200. The predicted octanol–water partition coefficient (Wildman–Crippen LogP) is 4.90. The molecule has 1 heterocycles. The third kappa shape index (κ3) is 3.58. The molecule has 2 aromatic rings. The molecule has 0 aliphatic heterocycles. The summed E-state index contributed by atoms with van der Waals surface area (Å²) in [6, 6.07) is 7.62. The first-order valence-electron chi connectivity index (χ1n) is 4.99. The van der Waals surface area contributed by atoms with E-state index >= 15 is 0 Å². The van der Waals surface area contributed by atoms with Gasteiger partial charge in [0.05, 0.1) is 2.88 Å². The summed E-state index contributed by atoms with van der Waals surface area (Å²) in [5, 5.41) is 3.42. The summed E-state index contributed by atoms with van der Waals surface area (Å²) in [5.74, 6) is 0. The molecule has 17 heavy (non-hydrogen) atoms. The molecule has 1 aromatic heterocycles. The third-order valence-electron chi connectivity index (χ3n) is 2.47. The van der Waals surface area contributed by atoms with Gasteiger partial charge in [-0.2, -0.15) is 0 Å². The Balaban J connectivity index is 2.15. The van der Waals surface area contributed by atoms with Gasteiger partial charge in [0.2, 0.25) is 0 Å². The van der Waals surface area contributed by atoms with Gasteiger partial charge in [-0.05, 0) is 63.7 Å². The smallest absolute Gasteiger partial charge is 0.0656 e. The van der Waals surface area contributed by atoms with Crippen molar-refractivity contribution < 1.29 is 0 Å². The summed E-state index contributed by atoms with van der Waals surface area (Å²) in [5.41, 5.74) is 8.35. The van der Waals surface area contributed by atoms with E-state index in [0.717, 1.165) is 17.5 Å². The Morgan fingerprint density at radius 3 is 2.65 bits per heavy atom. The van der Waals surface area contributed by atoms with Crippen LogP contribution in [0.4, 0.5) is 0 Å². The van der Waals surface area contributed by atoms with E-state index in [1.165, 1.54) is 2.88 Å². The predicted molar refractivity (Wildman–Crippen MR) is 84.1 cm³/mol. The van der Waals surface area contributed by atoms with Crippen LogP contribution in [0.3, 0.4) is 0 Å². The molecular formula is C12H10Cl2INS. The Morgan fingerprint density at radius 2 is 2.06 bits per heavy atom. The molecule has 2 N–H and O–H groups in total. The molecule has 0 fully saturated rings. The second kappa shape index (κ2) is 5.89. The fourth-order valence-electron chi connectivity index (χ4n) is 1.56. The standard InChI is InChI=1S/C12H10Cl2INS/c13-9-2-1-7(10(14)5-9)3-11(16)8-4-12(15)17-6-8/h1-2,4-6,11H,3,16H2. The lowest BCUT2D eigenvalue weighted by atomic mass is 10.0. The molecular weight excluding hydrogens is 388 g/mol. The molecule has 2 rings (SSSR count). The Hall–Kier alpha value is 0.190. The first-order valence-corrected chi connectivity index (χ1v) is 7.71. The molecule has 0 bridgehead atoms. The highest BCUT2D eigenvalue weighted by molar-refractivity contribution is 14.1. The van der Waals surface area contributed by atoms with Crippen LogP contribution in [-0.2, 0) is 6.42 Å². The lowest BCUT2D eigenvalue weighted by molar-refractivity contribution is 0.725. The van der Waals surface area contributed by atoms with Crippen LogP contribution in [0.25, 0.3) is 0 Å². The normalized spacial score (nSPS) is 12.7. The molecule has 5 heteroatoms. The van der Waals surface area contributed by atoms with Gasteiger partial charge in [0.1, 0.15) is 0 Å². The Labute approximate surface area is 128 Å². The minimum Gasteiger partial charge on any atom is -0.324 e. The fourth-order valence-corrected chi connectivity index (χ4v) is 3.48. The van der Waals surface area contributed by atoms with Gasteiger partial charge in [0.25, 0.3) is 0 Å². The van der Waals surface area contributed by atoms with Gasteiger partial charge in [-0.1, -0.05) is 29.3 Å². The minimum absolute atomic E-state index is 0.0200. The number of nitrogens with two attached hydrogens (primary N) is 1. The van der Waals surface area contributed by atoms with Crippen LogP contribution in [0.1, 0.15) is 17.2 Å². The second-order valence-electron chi connectivity index (χ2n) is 3.73. The quantitative estimate of drug-likeness (QED) is 0.732. The highest BCUT2D eigenvalue weighted by atomic mass is 127. The van der Waals surface area contributed by atoms with Crippen molar-refractivity contribution in [3.8, 4) is 0 Å². The van der Waals surface area contributed by atoms with Gasteiger partial charge >= 0.3 is 0 Å². The van der Waals surface area contributed by atoms with Crippen molar-refractivity contribution in [2.75, 3.05) is 0 Å². The van der Waals surface area contributed by atoms with Crippen molar-refractivity contribution in [2.24, 2.45) is 5.73 Å². The number of halogens is 3. The molecule has 1 nitrogen and oxygen atoms in total. The van der Waals surface area contributed by atoms with Crippen LogP contribution in [0, 0.1) is 2.88 Å². The average molecular weight is 398 g/mol. The lowest BCUT2D eigenvalue weighted by Crippen LogP contribution is -2.12. The van der Waals surface area contributed by atoms with Gasteiger partial charge < -0.3 is 5.73 Å². The number of hydrogen-bond donors (Lipinski definition) is 1. The molecule has 1 aromatic carbocycles. The van der Waals surface area contributed by atoms with E-state index in [4.69, 9.17) is 28.9 Å². The molecule has 0 amide bonds. The van der Waals surface area contributed by atoms with Crippen LogP contribution in [0.2, 0.25) is 10.0 Å². The Bertz CT molecular complexity index is 527. The largest absolute Gasteiger partial charge is 0.324 e. The van der Waals surface area contributed by atoms with Crippen LogP contribution in [-0.4, -0.2) is 0 Å². The van der Waals surface area contributed by atoms with Crippen LogP contribution < -0.4 is 5.73 Å². The molecule has 0 spiro atoms. The van der Waals surface area contributed by atoms with E-state index in [-0.39, 0.29) is 6.04 Å². The average Bonchev–Trinajstić information content (AvgIpc) is 2.69. The van der Waals surface area contributed by atoms with Gasteiger partial charge in [-0.3, -0.25) is 0 Å². The summed E-state index contributed by atoms with van der Waals surface area (Å²) in [7, 11) is 0. The number of hydrogen-bond acceptors (Lipinski definition) is 2. The van der Waals surface area contributed by atoms with Crippen molar-refractivity contribution in [1.82, 2.24) is 0 Å².